The van der Waals surface area contributed by atoms with Crippen LogP contribution < -0.4 is 10.6 Å². The summed E-state index contributed by atoms with van der Waals surface area (Å²) in [5.41, 5.74) is -1.40. The Balaban J connectivity index is 2.64. The van der Waals surface area contributed by atoms with Crippen molar-refractivity contribution in [3.63, 3.8) is 0 Å². The molecular formula is C18H31N3O7. The predicted octanol–water partition coefficient (Wildman–Crippen LogP) is 1.18. The van der Waals surface area contributed by atoms with Gasteiger partial charge in [0.05, 0.1) is 7.11 Å². The van der Waals surface area contributed by atoms with Crippen LogP contribution in [0.1, 0.15) is 48.0 Å². The summed E-state index contributed by atoms with van der Waals surface area (Å²) in [4.78, 5) is 49.3. The summed E-state index contributed by atoms with van der Waals surface area (Å²) in [5.74, 6) is -1.06. The topological polar surface area (TPSA) is 123 Å². The lowest BCUT2D eigenvalue weighted by molar-refractivity contribution is -0.145. The lowest BCUT2D eigenvalue weighted by Gasteiger charge is -2.27. The molecule has 0 radical (unpaired) electrons. The average molecular weight is 401 g/mol. The smallest absolute Gasteiger partial charge is 0.411 e. The Morgan fingerprint density at radius 1 is 1.00 bits per heavy atom. The van der Waals surface area contributed by atoms with E-state index in [2.05, 4.69) is 10.6 Å². The fourth-order valence-corrected chi connectivity index (χ4v) is 2.57. The van der Waals surface area contributed by atoms with E-state index < -0.39 is 47.3 Å². The predicted molar refractivity (Wildman–Crippen MR) is 99.5 cm³/mol. The lowest BCUT2D eigenvalue weighted by Crippen LogP contribution is -2.45. The summed E-state index contributed by atoms with van der Waals surface area (Å²) in [7, 11) is 1.23. The van der Waals surface area contributed by atoms with Crippen LogP contribution in [0.5, 0.6) is 0 Å². The highest BCUT2D eigenvalue weighted by atomic mass is 16.6. The highest BCUT2D eigenvalue weighted by Crippen LogP contribution is 2.22. The monoisotopic (exact) mass is 401 g/mol. The molecule has 1 saturated heterocycles. The van der Waals surface area contributed by atoms with Gasteiger partial charge in [0.25, 0.3) is 0 Å². The van der Waals surface area contributed by atoms with Crippen LogP contribution in [0.15, 0.2) is 0 Å². The van der Waals surface area contributed by atoms with E-state index in [-0.39, 0.29) is 19.5 Å². The summed E-state index contributed by atoms with van der Waals surface area (Å²) in [5, 5.41) is 5.04. The highest BCUT2D eigenvalue weighted by molar-refractivity contribution is 5.84. The Morgan fingerprint density at radius 2 is 1.57 bits per heavy atom. The van der Waals surface area contributed by atoms with Gasteiger partial charge in [-0.05, 0) is 41.5 Å². The van der Waals surface area contributed by atoms with Crippen LogP contribution in [0.2, 0.25) is 0 Å². The van der Waals surface area contributed by atoms with Gasteiger partial charge in [-0.2, -0.15) is 0 Å². The van der Waals surface area contributed by atoms with Gasteiger partial charge in [-0.25, -0.2) is 14.4 Å². The molecule has 3 amide bonds. The summed E-state index contributed by atoms with van der Waals surface area (Å²) >= 11 is 0. The van der Waals surface area contributed by atoms with E-state index in [0.717, 1.165) is 0 Å². The van der Waals surface area contributed by atoms with Crippen LogP contribution in [-0.4, -0.2) is 72.4 Å². The molecule has 0 spiro atoms. The first-order valence-corrected chi connectivity index (χ1v) is 9.05. The molecule has 10 nitrogen and oxygen atoms in total. The van der Waals surface area contributed by atoms with Crippen molar-refractivity contribution >= 4 is 24.1 Å². The first kappa shape index (κ1) is 23.5. The maximum Gasteiger partial charge on any atom is 0.411 e. The number of rotatable bonds is 4. The van der Waals surface area contributed by atoms with Crippen LogP contribution in [0.4, 0.5) is 9.59 Å². The molecule has 0 saturated carbocycles. The van der Waals surface area contributed by atoms with E-state index in [4.69, 9.17) is 14.2 Å². The Bertz CT molecular complexity index is 607. The summed E-state index contributed by atoms with van der Waals surface area (Å²) in [6.07, 6.45) is -1.19. The molecule has 0 aromatic heterocycles. The number of carbonyl (C=O) groups is 4. The van der Waals surface area contributed by atoms with Gasteiger partial charge in [-0.15, -0.1) is 0 Å². The summed E-state index contributed by atoms with van der Waals surface area (Å²) in [6.45, 7) is 10.1. The number of carbonyl (C=O) groups excluding carboxylic acids is 4. The molecule has 1 fully saturated rings. The van der Waals surface area contributed by atoms with E-state index in [0.29, 0.717) is 0 Å². The van der Waals surface area contributed by atoms with Crippen molar-refractivity contribution in [2.75, 3.05) is 20.2 Å². The van der Waals surface area contributed by atoms with Gasteiger partial charge in [0, 0.05) is 19.0 Å². The number of nitrogens with one attached hydrogen (secondary N) is 2. The molecule has 1 aliphatic rings. The fourth-order valence-electron chi connectivity index (χ4n) is 2.57. The molecular weight excluding hydrogens is 370 g/mol. The molecule has 0 aromatic rings. The molecule has 160 valence electrons. The maximum atomic E-state index is 12.4. The normalized spacial score (nSPS) is 19.6. The minimum absolute atomic E-state index is 0.0901. The van der Waals surface area contributed by atoms with Crippen molar-refractivity contribution in [1.29, 1.82) is 0 Å². The van der Waals surface area contributed by atoms with Crippen LogP contribution in [-0.2, 0) is 23.8 Å². The minimum Gasteiger partial charge on any atom is -0.467 e. The number of esters is 1. The van der Waals surface area contributed by atoms with Crippen molar-refractivity contribution in [2.24, 2.45) is 0 Å². The first-order chi connectivity index (χ1) is 12.7. The standard InChI is InChI=1S/C18H31N3O7/c1-17(2,3)27-15(24)19-9-13(22)20-11-8-12(14(23)26-7)21(10-11)16(25)28-18(4,5)6/h11-12H,8-10H2,1-7H3,(H,19,24)(H,20,22). The van der Waals surface area contributed by atoms with E-state index in [1.807, 2.05) is 0 Å². The minimum atomic E-state index is -0.857. The summed E-state index contributed by atoms with van der Waals surface area (Å²) in [6, 6.07) is -1.34. The third-order valence-electron chi connectivity index (χ3n) is 3.56. The molecule has 1 rings (SSSR count). The van der Waals surface area contributed by atoms with E-state index in [9.17, 15) is 19.2 Å². The Kier molecular flexibility index (Phi) is 7.66. The molecule has 2 unspecified atom stereocenters. The van der Waals surface area contributed by atoms with Crippen LogP contribution in [0.3, 0.4) is 0 Å². The molecule has 0 aliphatic carbocycles. The molecule has 28 heavy (non-hydrogen) atoms. The van der Waals surface area contributed by atoms with Gasteiger partial charge in [0.2, 0.25) is 5.91 Å². The summed E-state index contributed by atoms with van der Waals surface area (Å²) < 4.78 is 15.1. The Labute approximate surface area is 165 Å². The number of hydrogen-bond acceptors (Lipinski definition) is 7. The SMILES string of the molecule is COC(=O)C1CC(NC(=O)CNC(=O)OC(C)(C)C)CN1C(=O)OC(C)(C)C. The highest BCUT2D eigenvalue weighted by Gasteiger charge is 2.42. The van der Waals surface area contributed by atoms with Crippen molar-refractivity contribution < 1.29 is 33.4 Å². The number of ether oxygens (including phenoxy) is 3. The van der Waals surface area contributed by atoms with Gasteiger partial charge < -0.3 is 24.8 Å². The van der Waals surface area contributed by atoms with Gasteiger partial charge >= 0.3 is 18.2 Å². The second kappa shape index (κ2) is 9.11. The van der Waals surface area contributed by atoms with Crippen molar-refractivity contribution in [1.82, 2.24) is 15.5 Å². The molecule has 2 N–H and O–H groups in total. The lowest BCUT2D eigenvalue weighted by atomic mass is 10.1. The number of hydrogen-bond donors (Lipinski definition) is 2. The van der Waals surface area contributed by atoms with Gasteiger partial charge in [-0.3, -0.25) is 9.69 Å². The number of alkyl carbamates (subject to hydrolysis) is 1. The van der Waals surface area contributed by atoms with Crippen molar-refractivity contribution in [2.45, 2.75) is 71.2 Å². The zero-order chi connectivity index (χ0) is 21.7. The third kappa shape index (κ3) is 8.01. The molecule has 1 heterocycles. The van der Waals surface area contributed by atoms with Gasteiger partial charge in [0.1, 0.15) is 23.8 Å². The number of likely N-dealkylation sites (tertiary alicyclic amines) is 1. The largest absolute Gasteiger partial charge is 0.467 e. The number of methoxy groups -OCH3 is 1. The molecule has 2 atom stereocenters. The molecule has 1 aliphatic heterocycles. The molecule has 0 bridgehead atoms. The van der Waals surface area contributed by atoms with E-state index >= 15 is 0 Å². The van der Waals surface area contributed by atoms with Crippen LogP contribution in [0.25, 0.3) is 0 Å². The van der Waals surface area contributed by atoms with E-state index in [1.54, 1.807) is 41.5 Å². The number of nitrogens with zero attached hydrogens (tertiary/aromatic N) is 1. The van der Waals surface area contributed by atoms with Crippen molar-refractivity contribution in [3.05, 3.63) is 0 Å². The number of amides is 3. The quantitative estimate of drug-likeness (QED) is 0.535. The second-order valence-corrected chi connectivity index (χ2v) is 8.53. The molecule has 10 heteroatoms. The van der Waals surface area contributed by atoms with Gasteiger partial charge in [-0.1, -0.05) is 0 Å². The first-order valence-electron chi connectivity index (χ1n) is 9.05. The zero-order valence-electron chi connectivity index (χ0n) is 17.6. The maximum absolute atomic E-state index is 12.4. The third-order valence-corrected chi connectivity index (χ3v) is 3.56. The Hall–Kier alpha value is -2.52. The second-order valence-electron chi connectivity index (χ2n) is 8.53. The van der Waals surface area contributed by atoms with Gasteiger partial charge in [0.15, 0.2) is 0 Å². The zero-order valence-corrected chi connectivity index (χ0v) is 17.6. The fraction of sp³-hybridized carbons (Fsp3) is 0.778. The van der Waals surface area contributed by atoms with Crippen molar-refractivity contribution in [3.8, 4) is 0 Å². The molecule has 0 aromatic carbocycles. The van der Waals surface area contributed by atoms with Crippen LogP contribution in [0, 0.1) is 0 Å². The van der Waals surface area contributed by atoms with E-state index in [1.165, 1.54) is 12.0 Å². The Morgan fingerprint density at radius 3 is 2.07 bits per heavy atom. The average Bonchev–Trinajstić information content (AvgIpc) is 2.93. The van der Waals surface area contributed by atoms with Crippen LogP contribution >= 0.6 is 0 Å².